The fourth-order valence-corrected chi connectivity index (χ4v) is 2.62. The van der Waals surface area contributed by atoms with Gasteiger partial charge in [0.05, 0.1) is 13.7 Å². The summed E-state index contributed by atoms with van der Waals surface area (Å²) < 4.78 is 11.1. The molecule has 0 saturated carbocycles. The van der Waals surface area contributed by atoms with Crippen LogP contribution in [0.15, 0.2) is 46.9 Å². The number of aryl methyl sites for hydroxylation is 1. The van der Waals surface area contributed by atoms with Gasteiger partial charge in [-0.1, -0.05) is 24.3 Å². The first-order chi connectivity index (χ1) is 10.7. The summed E-state index contributed by atoms with van der Waals surface area (Å²) in [5.41, 5.74) is 4.14. The lowest BCUT2D eigenvalue weighted by atomic mass is 10.1. The quantitative estimate of drug-likeness (QED) is 0.718. The second-order valence-corrected chi connectivity index (χ2v) is 5.55. The van der Waals surface area contributed by atoms with E-state index in [4.69, 9.17) is 9.15 Å². The van der Waals surface area contributed by atoms with Crippen molar-refractivity contribution in [2.24, 2.45) is 0 Å². The van der Waals surface area contributed by atoms with Crippen LogP contribution in [0.5, 0.6) is 5.75 Å². The van der Waals surface area contributed by atoms with Gasteiger partial charge in [-0.25, -0.2) is 4.98 Å². The molecule has 2 aromatic carbocycles. The predicted molar refractivity (Wildman–Crippen MR) is 86.9 cm³/mol. The molecular weight excluding hydrogens is 276 g/mol. The largest absolute Gasteiger partial charge is 0.496 e. The Labute approximate surface area is 130 Å². The number of nitrogens with zero attached hydrogens (tertiary/aromatic N) is 2. The fraction of sp³-hybridized carbons (Fsp3) is 0.278. The van der Waals surface area contributed by atoms with Crippen LogP contribution >= 0.6 is 0 Å². The number of ether oxygens (including phenoxy) is 1. The molecule has 3 rings (SSSR count). The minimum absolute atomic E-state index is 0.680. The average Bonchev–Trinajstić information content (AvgIpc) is 2.89. The third kappa shape index (κ3) is 3.12. The monoisotopic (exact) mass is 296 g/mol. The highest BCUT2D eigenvalue weighted by molar-refractivity contribution is 5.72. The van der Waals surface area contributed by atoms with E-state index in [0.717, 1.165) is 34.8 Å². The van der Waals surface area contributed by atoms with E-state index >= 15 is 0 Å². The number of benzene rings is 2. The van der Waals surface area contributed by atoms with E-state index in [9.17, 15) is 0 Å². The molecule has 1 aromatic heterocycles. The molecule has 0 saturated heterocycles. The average molecular weight is 296 g/mol. The Hall–Kier alpha value is -2.33. The van der Waals surface area contributed by atoms with Gasteiger partial charge in [0.15, 0.2) is 5.58 Å². The molecule has 0 N–H and O–H groups in total. The minimum Gasteiger partial charge on any atom is -0.496 e. The summed E-state index contributed by atoms with van der Waals surface area (Å²) in [5, 5.41) is 0. The molecule has 0 fully saturated rings. The summed E-state index contributed by atoms with van der Waals surface area (Å²) >= 11 is 0. The van der Waals surface area contributed by atoms with Gasteiger partial charge in [0.2, 0.25) is 5.89 Å². The third-order valence-electron chi connectivity index (χ3n) is 3.66. The lowest BCUT2D eigenvalue weighted by molar-refractivity contribution is 0.285. The summed E-state index contributed by atoms with van der Waals surface area (Å²) in [4.78, 5) is 6.70. The second kappa shape index (κ2) is 6.20. The summed E-state index contributed by atoms with van der Waals surface area (Å²) in [6, 6.07) is 14.1. The molecule has 1 heterocycles. The van der Waals surface area contributed by atoms with Gasteiger partial charge < -0.3 is 9.15 Å². The van der Waals surface area contributed by atoms with Gasteiger partial charge in [-0.2, -0.15) is 0 Å². The first kappa shape index (κ1) is 14.6. The maximum absolute atomic E-state index is 5.76. The zero-order chi connectivity index (χ0) is 15.5. The number of fused-ring (bicyclic) bond motifs is 1. The van der Waals surface area contributed by atoms with Gasteiger partial charge >= 0.3 is 0 Å². The molecule has 3 aromatic rings. The van der Waals surface area contributed by atoms with Crippen LogP contribution in [0.1, 0.15) is 17.0 Å². The van der Waals surface area contributed by atoms with E-state index < -0.39 is 0 Å². The number of para-hydroxylation sites is 2. The number of hydrogen-bond donors (Lipinski definition) is 0. The molecular formula is C18H20N2O2. The first-order valence-electron chi connectivity index (χ1n) is 7.32. The highest BCUT2D eigenvalue weighted by Crippen LogP contribution is 2.20. The number of rotatable bonds is 5. The van der Waals surface area contributed by atoms with Crippen LogP contribution in [0.4, 0.5) is 0 Å². The standard InChI is InChI=1S/C18H20N2O2/c1-13-10-14(8-9-16(13)21-3)11-20(2)12-18-19-15-6-4-5-7-17(15)22-18/h4-10H,11-12H2,1-3H3. The molecule has 114 valence electrons. The fourth-order valence-electron chi connectivity index (χ4n) is 2.62. The molecule has 0 spiro atoms. The van der Waals surface area contributed by atoms with Gasteiger partial charge in [-0.3, -0.25) is 4.90 Å². The Morgan fingerprint density at radius 1 is 1.14 bits per heavy atom. The van der Waals surface area contributed by atoms with Gasteiger partial charge in [0.25, 0.3) is 0 Å². The van der Waals surface area contributed by atoms with Crippen molar-refractivity contribution in [1.82, 2.24) is 9.88 Å². The zero-order valence-electron chi connectivity index (χ0n) is 13.2. The number of oxazole rings is 1. The van der Waals surface area contributed by atoms with E-state index in [0.29, 0.717) is 6.54 Å². The molecule has 0 amide bonds. The molecule has 22 heavy (non-hydrogen) atoms. The number of hydrogen-bond acceptors (Lipinski definition) is 4. The van der Waals surface area contributed by atoms with Crippen molar-refractivity contribution in [3.8, 4) is 5.75 Å². The lowest BCUT2D eigenvalue weighted by Crippen LogP contribution is -2.17. The van der Waals surface area contributed by atoms with Crippen LogP contribution in [0, 0.1) is 6.92 Å². The molecule has 4 nitrogen and oxygen atoms in total. The van der Waals surface area contributed by atoms with Gasteiger partial charge in [-0.15, -0.1) is 0 Å². The van der Waals surface area contributed by atoms with Crippen LogP contribution in [-0.4, -0.2) is 24.0 Å². The van der Waals surface area contributed by atoms with Crippen molar-refractivity contribution >= 4 is 11.1 Å². The highest BCUT2D eigenvalue weighted by atomic mass is 16.5. The van der Waals surface area contributed by atoms with E-state index in [1.165, 1.54) is 5.56 Å². The Morgan fingerprint density at radius 3 is 2.68 bits per heavy atom. The van der Waals surface area contributed by atoms with Crippen LogP contribution in [0.25, 0.3) is 11.1 Å². The molecule has 0 aliphatic heterocycles. The van der Waals surface area contributed by atoms with Crippen LogP contribution in [0.2, 0.25) is 0 Å². The maximum Gasteiger partial charge on any atom is 0.209 e. The van der Waals surface area contributed by atoms with Crippen LogP contribution in [0.3, 0.4) is 0 Å². The molecule has 0 bridgehead atoms. The Bertz CT molecular complexity index is 747. The number of aromatic nitrogens is 1. The molecule has 4 heteroatoms. The summed E-state index contributed by atoms with van der Waals surface area (Å²) in [5.74, 6) is 1.67. The molecule has 0 radical (unpaired) electrons. The van der Waals surface area contributed by atoms with Gasteiger partial charge in [0.1, 0.15) is 11.3 Å². The second-order valence-electron chi connectivity index (χ2n) is 5.55. The van der Waals surface area contributed by atoms with E-state index in [2.05, 4.69) is 36.0 Å². The smallest absolute Gasteiger partial charge is 0.209 e. The summed E-state index contributed by atoms with van der Waals surface area (Å²) in [6.07, 6.45) is 0. The van der Waals surface area contributed by atoms with Crippen LogP contribution < -0.4 is 4.74 Å². The van der Waals surface area contributed by atoms with Crippen LogP contribution in [-0.2, 0) is 13.1 Å². The normalized spacial score (nSPS) is 11.3. The lowest BCUT2D eigenvalue weighted by Gasteiger charge is -2.15. The minimum atomic E-state index is 0.680. The van der Waals surface area contributed by atoms with Crippen molar-refractivity contribution in [2.75, 3.05) is 14.2 Å². The molecule has 0 unspecified atom stereocenters. The molecule has 0 aliphatic carbocycles. The van der Waals surface area contributed by atoms with E-state index in [-0.39, 0.29) is 0 Å². The van der Waals surface area contributed by atoms with Crippen molar-refractivity contribution in [2.45, 2.75) is 20.0 Å². The zero-order valence-corrected chi connectivity index (χ0v) is 13.2. The SMILES string of the molecule is COc1ccc(CN(C)Cc2nc3ccccc3o2)cc1C. The Balaban J connectivity index is 1.69. The summed E-state index contributed by atoms with van der Waals surface area (Å²) in [7, 11) is 3.76. The van der Waals surface area contributed by atoms with Gasteiger partial charge in [-0.05, 0) is 43.3 Å². The maximum atomic E-state index is 5.76. The molecule has 0 atom stereocenters. The van der Waals surface area contributed by atoms with Crippen molar-refractivity contribution in [3.63, 3.8) is 0 Å². The first-order valence-corrected chi connectivity index (χ1v) is 7.32. The predicted octanol–water partition coefficient (Wildman–Crippen LogP) is 3.78. The third-order valence-corrected chi connectivity index (χ3v) is 3.66. The summed E-state index contributed by atoms with van der Waals surface area (Å²) in [6.45, 7) is 3.58. The van der Waals surface area contributed by atoms with Crippen molar-refractivity contribution < 1.29 is 9.15 Å². The van der Waals surface area contributed by atoms with Gasteiger partial charge in [0, 0.05) is 6.54 Å². The van der Waals surface area contributed by atoms with Crippen molar-refractivity contribution in [1.29, 1.82) is 0 Å². The number of methoxy groups -OCH3 is 1. The Morgan fingerprint density at radius 2 is 1.95 bits per heavy atom. The van der Waals surface area contributed by atoms with Crippen molar-refractivity contribution in [3.05, 3.63) is 59.5 Å². The highest BCUT2D eigenvalue weighted by Gasteiger charge is 2.09. The Kier molecular flexibility index (Phi) is 4.11. The topological polar surface area (TPSA) is 38.5 Å². The molecule has 0 aliphatic rings. The van der Waals surface area contributed by atoms with E-state index in [1.807, 2.05) is 30.3 Å². The van der Waals surface area contributed by atoms with E-state index in [1.54, 1.807) is 7.11 Å².